The highest BCUT2D eigenvalue weighted by Crippen LogP contribution is 2.66. The van der Waals surface area contributed by atoms with Crippen molar-refractivity contribution < 1.29 is 27.5 Å². The van der Waals surface area contributed by atoms with Crippen LogP contribution in [0.5, 0.6) is 5.75 Å². The Morgan fingerprint density at radius 3 is 2.52 bits per heavy atom. The molecule has 4 fully saturated rings. The van der Waals surface area contributed by atoms with Gasteiger partial charge >= 0.3 is 0 Å². The molecule has 1 N–H and O–H groups in total. The largest absolute Gasteiger partial charge is 0.497 e. The number of ether oxygens (including phenoxy) is 2. The number of carbonyl (C=O) groups is 2. The van der Waals surface area contributed by atoms with Crippen LogP contribution in [0, 0.1) is 5.41 Å². The lowest BCUT2D eigenvalue weighted by Gasteiger charge is -2.47. The Morgan fingerprint density at radius 1 is 1.00 bits per heavy atom. The summed E-state index contributed by atoms with van der Waals surface area (Å²) in [7, 11) is -0.0510. The average Bonchev–Trinajstić information content (AvgIpc) is 3.79. The van der Waals surface area contributed by atoms with Crippen molar-refractivity contribution in [2.24, 2.45) is 5.41 Å². The monoisotopic (exact) mass is 702 g/mol. The van der Waals surface area contributed by atoms with Gasteiger partial charge in [-0.25, -0.2) is 13.1 Å². The average molecular weight is 703 g/mol. The van der Waals surface area contributed by atoms with Crippen LogP contribution < -0.4 is 9.46 Å². The van der Waals surface area contributed by atoms with E-state index in [0.29, 0.717) is 31.3 Å². The van der Waals surface area contributed by atoms with Gasteiger partial charge in [-0.3, -0.25) is 14.5 Å². The molecule has 2 saturated heterocycles. The number of likely N-dealkylation sites (tertiary alicyclic amines) is 1. The van der Waals surface area contributed by atoms with Crippen LogP contribution in [-0.2, 0) is 26.1 Å². The first-order chi connectivity index (χ1) is 23.9. The predicted octanol–water partition coefficient (Wildman–Crippen LogP) is 5.99. The molecule has 5 aliphatic rings. The number of carbonyl (C=O) groups excluding carboxylic acids is 2. The van der Waals surface area contributed by atoms with Crippen LogP contribution in [0.4, 0.5) is 0 Å². The topological polar surface area (TPSA) is 110 Å². The minimum absolute atomic E-state index is 0.0354. The summed E-state index contributed by atoms with van der Waals surface area (Å²) in [6, 6.07) is 11.9. The van der Waals surface area contributed by atoms with Gasteiger partial charge in [-0.05, 0) is 107 Å². The molecule has 0 radical (unpaired) electrons. The maximum atomic E-state index is 15.1. The summed E-state index contributed by atoms with van der Waals surface area (Å²) in [5.74, 6) is 0.712. The summed E-state index contributed by atoms with van der Waals surface area (Å²) < 4.78 is 42.2. The lowest BCUT2D eigenvalue weighted by Crippen LogP contribution is -2.57. The van der Waals surface area contributed by atoms with Crippen LogP contribution in [0.2, 0.25) is 0 Å². The fraction of sp³-hybridized carbons (Fsp3) is 0.590. The first-order valence-corrected chi connectivity index (χ1v) is 20.0. The van der Waals surface area contributed by atoms with Gasteiger partial charge in [0.05, 0.1) is 35.8 Å². The Hall–Kier alpha value is -3.41. The zero-order valence-corrected chi connectivity index (χ0v) is 30.6. The lowest BCUT2D eigenvalue weighted by atomic mass is 9.81. The molecule has 3 unspecified atom stereocenters. The van der Waals surface area contributed by atoms with E-state index >= 15 is 4.79 Å². The third-order valence-electron chi connectivity index (χ3n) is 12.4. The molecule has 8 rings (SSSR count). The molecule has 50 heavy (non-hydrogen) atoms. The third kappa shape index (κ3) is 5.55. The molecule has 3 aromatic rings. The van der Waals surface area contributed by atoms with Crippen molar-refractivity contribution in [2.45, 2.75) is 101 Å². The Bertz CT molecular complexity index is 1960. The molecule has 2 aromatic carbocycles. The highest BCUT2D eigenvalue weighted by atomic mass is 32.2. The van der Waals surface area contributed by atoms with Crippen molar-refractivity contribution in [2.75, 3.05) is 40.5 Å². The molecular weight excluding hydrogens is 653 g/mol. The molecule has 3 atom stereocenters. The van der Waals surface area contributed by atoms with Crippen molar-refractivity contribution in [3.05, 3.63) is 53.1 Å². The number of benzene rings is 2. The maximum Gasteiger partial charge on any atom is 0.264 e. The number of piperidine rings is 1. The number of sulfonamides is 1. The van der Waals surface area contributed by atoms with Crippen LogP contribution in [0.15, 0.2) is 36.4 Å². The first-order valence-electron chi connectivity index (χ1n) is 18.5. The molecule has 268 valence electrons. The van der Waals surface area contributed by atoms with Gasteiger partial charge in [0.2, 0.25) is 15.9 Å². The second-order valence-corrected chi connectivity index (χ2v) is 18.2. The minimum Gasteiger partial charge on any atom is -0.497 e. The third-order valence-corrected chi connectivity index (χ3v) is 14.1. The summed E-state index contributed by atoms with van der Waals surface area (Å²) in [6.45, 7) is 6.48. The van der Waals surface area contributed by atoms with Gasteiger partial charge in [0.1, 0.15) is 5.75 Å². The van der Waals surface area contributed by atoms with E-state index in [-0.39, 0.29) is 17.4 Å². The van der Waals surface area contributed by atoms with E-state index in [1.807, 2.05) is 18.2 Å². The predicted molar refractivity (Wildman–Crippen MR) is 193 cm³/mol. The summed E-state index contributed by atoms with van der Waals surface area (Å²) in [5.41, 5.74) is 4.92. The fourth-order valence-electron chi connectivity index (χ4n) is 9.41. The normalized spacial score (nSPS) is 27.1. The number of fused-ring (bicyclic) bond motifs is 7. The van der Waals surface area contributed by atoms with Gasteiger partial charge in [0.15, 0.2) is 0 Å². The molecule has 4 heterocycles. The summed E-state index contributed by atoms with van der Waals surface area (Å²) in [6.07, 6.45) is 9.28. The SMILES string of the molecule is COc1ccc2c(c1)C1CC1(C(=O)N1CCCC3(CCN(C)CO3)C1)Cn1c-2c(C2CCCCC2)c2ccc(C(=O)NS(=O)(=O)C(C)C)cc21. The zero-order valence-electron chi connectivity index (χ0n) is 29.8. The second kappa shape index (κ2) is 12.4. The standard InChI is InChI=1S/C39H50N4O6S/c1-25(2)50(46,47)40-36(44)27-11-13-30-33(19-27)43-23-39(37(45)42-17-8-15-38(22-42)16-18-41(3)24-49-38)21-32(39)31-20-28(48-4)12-14-29(31)35(43)34(30)26-9-6-5-7-10-26/h11-14,19-20,25-26,32H,5-10,15-18,21-24H2,1-4H3,(H,40,44). The molecule has 0 bridgehead atoms. The van der Waals surface area contributed by atoms with Crippen molar-refractivity contribution in [3.63, 3.8) is 0 Å². The number of hydrogen-bond acceptors (Lipinski definition) is 7. The summed E-state index contributed by atoms with van der Waals surface area (Å²) in [4.78, 5) is 32.8. The lowest BCUT2D eigenvalue weighted by molar-refractivity contribution is -0.170. The van der Waals surface area contributed by atoms with E-state index in [9.17, 15) is 13.2 Å². The Balaban J connectivity index is 1.27. The van der Waals surface area contributed by atoms with Gasteiger partial charge in [0.25, 0.3) is 5.91 Å². The van der Waals surface area contributed by atoms with Crippen molar-refractivity contribution >= 4 is 32.7 Å². The van der Waals surface area contributed by atoms with Gasteiger partial charge in [-0.2, -0.15) is 0 Å². The molecule has 2 saturated carbocycles. The molecule has 11 heteroatoms. The van der Waals surface area contributed by atoms with Crippen molar-refractivity contribution in [3.8, 4) is 17.0 Å². The Labute approximate surface area is 295 Å². The second-order valence-electron chi connectivity index (χ2n) is 15.9. The number of aromatic nitrogens is 1. The summed E-state index contributed by atoms with van der Waals surface area (Å²) in [5, 5.41) is 0.341. The molecule has 2 aliphatic carbocycles. The number of methoxy groups -OCH3 is 1. The highest BCUT2D eigenvalue weighted by molar-refractivity contribution is 7.90. The molecule has 10 nitrogen and oxygen atoms in total. The smallest absolute Gasteiger partial charge is 0.264 e. The van der Waals surface area contributed by atoms with Crippen molar-refractivity contribution in [1.82, 2.24) is 19.1 Å². The molecule has 2 amide bonds. The number of hydrogen-bond donors (Lipinski definition) is 1. The quantitative estimate of drug-likeness (QED) is 0.336. The molecule has 1 spiro atoms. The van der Waals surface area contributed by atoms with Crippen LogP contribution in [0.1, 0.15) is 105 Å². The Morgan fingerprint density at radius 2 is 1.80 bits per heavy atom. The molecular formula is C39H50N4O6S. The van der Waals surface area contributed by atoms with E-state index in [2.05, 4.69) is 38.3 Å². The first kappa shape index (κ1) is 33.7. The van der Waals surface area contributed by atoms with Crippen LogP contribution >= 0.6 is 0 Å². The van der Waals surface area contributed by atoms with Gasteiger partial charge in [0, 0.05) is 54.1 Å². The number of rotatable bonds is 6. The number of amides is 2. The van der Waals surface area contributed by atoms with E-state index in [1.165, 1.54) is 24.8 Å². The van der Waals surface area contributed by atoms with Crippen molar-refractivity contribution in [1.29, 1.82) is 0 Å². The van der Waals surface area contributed by atoms with Crippen LogP contribution in [0.25, 0.3) is 22.2 Å². The molecule has 1 aromatic heterocycles. The van der Waals surface area contributed by atoms with E-state index < -0.39 is 26.6 Å². The van der Waals surface area contributed by atoms with Crippen LogP contribution in [0.3, 0.4) is 0 Å². The maximum absolute atomic E-state index is 15.1. The highest BCUT2D eigenvalue weighted by Gasteiger charge is 2.64. The van der Waals surface area contributed by atoms with E-state index in [1.54, 1.807) is 27.0 Å². The van der Waals surface area contributed by atoms with E-state index in [4.69, 9.17) is 9.47 Å². The summed E-state index contributed by atoms with van der Waals surface area (Å²) >= 11 is 0. The minimum atomic E-state index is -3.81. The zero-order chi connectivity index (χ0) is 35.0. The van der Waals surface area contributed by atoms with Gasteiger partial charge in [-0.1, -0.05) is 25.3 Å². The molecule has 3 aliphatic heterocycles. The van der Waals surface area contributed by atoms with Gasteiger partial charge in [-0.15, -0.1) is 0 Å². The van der Waals surface area contributed by atoms with Crippen LogP contribution in [-0.4, -0.2) is 86.0 Å². The van der Waals surface area contributed by atoms with Gasteiger partial charge < -0.3 is 18.9 Å². The van der Waals surface area contributed by atoms with E-state index in [0.717, 1.165) is 85.1 Å². The number of nitrogens with zero attached hydrogens (tertiary/aromatic N) is 3. The fourth-order valence-corrected chi connectivity index (χ4v) is 10.0. The Kier molecular flexibility index (Phi) is 8.34. The number of nitrogens with one attached hydrogen (secondary N) is 1.